The number of carbonyl (C=O) groups excluding carboxylic acids is 1. The number of ether oxygens (including phenoxy) is 2. The van der Waals surface area contributed by atoms with Gasteiger partial charge >= 0.3 is 0 Å². The van der Waals surface area contributed by atoms with Crippen LogP contribution in [-0.4, -0.2) is 59.9 Å². The maximum Gasteiger partial charge on any atom is 0.243 e. The second-order valence-electron chi connectivity index (χ2n) is 7.92. The fourth-order valence-electron chi connectivity index (χ4n) is 3.60. The Labute approximate surface area is 207 Å². The molecule has 1 amide bonds. The first kappa shape index (κ1) is 24.4. The molecule has 3 heterocycles. The average Bonchev–Trinajstić information content (AvgIpc) is 3.15. The number of nitrogens with one attached hydrogen (secondary N) is 1. The van der Waals surface area contributed by atoms with Crippen molar-refractivity contribution in [3.63, 3.8) is 0 Å². The molecule has 182 valence electrons. The molecule has 4 rings (SSSR count). The molecule has 0 saturated carbocycles. The number of benzene rings is 1. The van der Waals surface area contributed by atoms with E-state index in [0.29, 0.717) is 34.5 Å². The normalized spacial score (nSPS) is 10.9. The van der Waals surface area contributed by atoms with E-state index in [0.717, 1.165) is 20.7 Å². The first-order valence-electron chi connectivity index (χ1n) is 11.0. The van der Waals surface area contributed by atoms with Crippen molar-refractivity contribution < 1.29 is 19.4 Å². The number of rotatable bonds is 9. The van der Waals surface area contributed by atoms with Gasteiger partial charge in [0, 0.05) is 35.9 Å². The Hall–Kier alpha value is -3.76. The van der Waals surface area contributed by atoms with E-state index in [4.69, 9.17) is 24.5 Å². The minimum atomic E-state index is -0.184. The van der Waals surface area contributed by atoms with Gasteiger partial charge in [-0.3, -0.25) is 9.78 Å². The van der Waals surface area contributed by atoms with Gasteiger partial charge in [0.15, 0.2) is 5.82 Å². The molecule has 10 heteroatoms. The van der Waals surface area contributed by atoms with E-state index in [1.807, 2.05) is 44.0 Å². The van der Waals surface area contributed by atoms with Gasteiger partial charge in [-0.25, -0.2) is 9.97 Å². The standard InChI is InChI=1S/C25H27N5O4S/c1-15-16(2)35-25-22(15)24(28-23(29-25)20-13-19(8-9-26-20)34-11-10-31)30(3)14-21(32)27-17-6-5-7-18(12-17)33-4/h5-9,12-13,31H,10-11,14H2,1-4H3,(H,27,32). The largest absolute Gasteiger partial charge is 0.497 e. The van der Waals surface area contributed by atoms with Crippen LogP contribution >= 0.6 is 11.3 Å². The van der Waals surface area contributed by atoms with Crippen LogP contribution in [0.2, 0.25) is 0 Å². The quantitative estimate of drug-likeness (QED) is 0.362. The van der Waals surface area contributed by atoms with Crippen LogP contribution in [0.4, 0.5) is 11.5 Å². The first-order chi connectivity index (χ1) is 16.9. The van der Waals surface area contributed by atoms with E-state index in [9.17, 15) is 4.79 Å². The third-order valence-electron chi connectivity index (χ3n) is 5.43. The van der Waals surface area contributed by atoms with E-state index in [-0.39, 0.29) is 25.7 Å². The van der Waals surface area contributed by atoms with E-state index < -0.39 is 0 Å². The number of aliphatic hydroxyl groups is 1. The number of thiophene rings is 1. The summed E-state index contributed by atoms with van der Waals surface area (Å²) in [5.74, 6) is 2.13. The van der Waals surface area contributed by atoms with Gasteiger partial charge < -0.3 is 24.8 Å². The average molecular weight is 494 g/mol. The third-order valence-corrected chi connectivity index (χ3v) is 6.53. The van der Waals surface area contributed by atoms with Crippen LogP contribution in [0.5, 0.6) is 11.5 Å². The summed E-state index contributed by atoms with van der Waals surface area (Å²) in [4.78, 5) is 30.6. The monoisotopic (exact) mass is 493 g/mol. The lowest BCUT2D eigenvalue weighted by Crippen LogP contribution is -2.31. The molecule has 3 aromatic heterocycles. The molecule has 0 spiro atoms. The molecule has 9 nitrogen and oxygen atoms in total. The summed E-state index contributed by atoms with van der Waals surface area (Å²) in [5, 5.41) is 12.9. The predicted octanol–water partition coefficient (Wildman–Crippen LogP) is 3.82. The third kappa shape index (κ3) is 5.50. The molecule has 0 saturated heterocycles. The number of carbonyl (C=O) groups is 1. The fraction of sp³-hybridized carbons (Fsp3) is 0.280. The van der Waals surface area contributed by atoms with Crippen LogP contribution in [0.3, 0.4) is 0 Å². The number of hydrogen-bond acceptors (Lipinski definition) is 9. The minimum Gasteiger partial charge on any atom is -0.497 e. The smallest absolute Gasteiger partial charge is 0.243 e. The van der Waals surface area contributed by atoms with E-state index in [2.05, 4.69) is 10.3 Å². The summed E-state index contributed by atoms with van der Waals surface area (Å²) < 4.78 is 10.7. The minimum absolute atomic E-state index is 0.0827. The molecule has 0 fully saturated rings. The zero-order valence-electron chi connectivity index (χ0n) is 20.0. The van der Waals surface area contributed by atoms with Crippen molar-refractivity contribution in [1.29, 1.82) is 0 Å². The number of hydrogen-bond donors (Lipinski definition) is 2. The van der Waals surface area contributed by atoms with Crippen LogP contribution in [0.1, 0.15) is 10.4 Å². The lowest BCUT2D eigenvalue weighted by molar-refractivity contribution is -0.114. The molecule has 0 unspecified atom stereocenters. The number of anilines is 2. The van der Waals surface area contributed by atoms with Crippen molar-refractivity contribution in [3.8, 4) is 23.0 Å². The molecule has 2 N–H and O–H groups in total. The maximum atomic E-state index is 12.8. The Morgan fingerprint density at radius 1 is 1.17 bits per heavy atom. The topological polar surface area (TPSA) is 110 Å². The summed E-state index contributed by atoms with van der Waals surface area (Å²) in [6, 6.07) is 10.7. The van der Waals surface area contributed by atoms with Gasteiger partial charge in [-0.15, -0.1) is 11.3 Å². The Kier molecular flexibility index (Phi) is 7.42. The molecular weight excluding hydrogens is 466 g/mol. The maximum absolute atomic E-state index is 12.8. The number of nitrogens with zero attached hydrogens (tertiary/aromatic N) is 4. The number of aromatic nitrogens is 3. The Morgan fingerprint density at radius 2 is 2.00 bits per heavy atom. The van der Waals surface area contributed by atoms with Crippen molar-refractivity contribution in [3.05, 3.63) is 53.0 Å². The molecule has 0 aliphatic heterocycles. The van der Waals surface area contributed by atoms with E-state index >= 15 is 0 Å². The number of likely N-dealkylation sites (N-methyl/N-ethyl adjacent to an activating group) is 1. The zero-order chi connectivity index (χ0) is 24.9. The lowest BCUT2D eigenvalue weighted by Gasteiger charge is -2.20. The molecule has 0 bridgehead atoms. The van der Waals surface area contributed by atoms with Crippen molar-refractivity contribution >= 4 is 39.0 Å². The molecule has 35 heavy (non-hydrogen) atoms. The number of amides is 1. The fourth-order valence-corrected chi connectivity index (χ4v) is 4.62. The molecule has 0 atom stereocenters. The first-order valence-corrected chi connectivity index (χ1v) is 11.8. The Morgan fingerprint density at radius 3 is 2.77 bits per heavy atom. The number of aliphatic hydroxyl groups excluding tert-OH is 1. The number of pyridine rings is 1. The predicted molar refractivity (Wildman–Crippen MR) is 138 cm³/mol. The van der Waals surface area contributed by atoms with Crippen molar-refractivity contribution in [2.75, 3.05) is 44.1 Å². The molecule has 0 radical (unpaired) electrons. The molecule has 0 aliphatic rings. The second kappa shape index (κ2) is 10.7. The summed E-state index contributed by atoms with van der Waals surface area (Å²) in [7, 11) is 3.42. The summed E-state index contributed by atoms with van der Waals surface area (Å²) in [5.41, 5.74) is 2.28. The Bertz CT molecular complexity index is 1360. The van der Waals surface area contributed by atoms with Gasteiger partial charge in [0.1, 0.15) is 34.4 Å². The van der Waals surface area contributed by atoms with Gasteiger partial charge in [0.25, 0.3) is 0 Å². The summed E-state index contributed by atoms with van der Waals surface area (Å²) in [6.07, 6.45) is 1.62. The second-order valence-corrected chi connectivity index (χ2v) is 9.12. The highest BCUT2D eigenvalue weighted by Crippen LogP contribution is 2.36. The van der Waals surface area contributed by atoms with Crippen LogP contribution < -0.4 is 19.7 Å². The number of aryl methyl sites for hydroxylation is 2. The van der Waals surface area contributed by atoms with Crippen LogP contribution in [-0.2, 0) is 4.79 Å². The molecule has 4 aromatic rings. The lowest BCUT2D eigenvalue weighted by atomic mass is 10.2. The van der Waals surface area contributed by atoms with E-state index in [1.165, 1.54) is 0 Å². The highest BCUT2D eigenvalue weighted by molar-refractivity contribution is 7.18. The molecule has 1 aromatic carbocycles. The van der Waals surface area contributed by atoms with Gasteiger partial charge in [-0.05, 0) is 37.6 Å². The van der Waals surface area contributed by atoms with Gasteiger partial charge in [-0.1, -0.05) is 6.07 Å². The van der Waals surface area contributed by atoms with Crippen molar-refractivity contribution in [2.45, 2.75) is 13.8 Å². The SMILES string of the molecule is COc1cccc(NC(=O)CN(C)c2nc(-c3cc(OCCO)ccn3)nc3sc(C)c(C)c23)c1. The number of methoxy groups -OCH3 is 1. The van der Waals surface area contributed by atoms with Gasteiger partial charge in [0.2, 0.25) is 5.91 Å². The van der Waals surface area contributed by atoms with Crippen molar-refractivity contribution in [1.82, 2.24) is 15.0 Å². The highest BCUT2D eigenvalue weighted by atomic mass is 32.1. The van der Waals surface area contributed by atoms with Crippen LogP contribution in [0, 0.1) is 13.8 Å². The van der Waals surface area contributed by atoms with Crippen molar-refractivity contribution in [2.24, 2.45) is 0 Å². The summed E-state index contributed by atoms with van der Waals surface area (Å²) in [6.45, 7) is 4.27. The molecular formula is C25H27N5O4S. The number of fused-ring (bicyclic) bond motifs is 1. The van der Waals surface area contributed by atoms with Crippen LogP contribution in [0.15, 0.2) is 42.6 Å². The van der Waals surface area contributed by atoms with Crippen LogP contribution in [0.25, 0.3) is 21.7 Å². The van der Waals surface area contributed by atoms with Gasteiger partial charge in [-0.2, -0.15) is 0 Å². The van der Waals surface area contributed by atoms with E-state index in [1.54, 1.807) is 42.8 Å². The summed E-state index contributed by atoms with van der Waals surface area (Å²) >= 11 is 1.58. The zero-order valence-corrected chi connectivity index (χ0v) is 20.8. The van der Waals surface area contributed by atoms with Gasteiger partial charge in [0.05, 0.1) is 25.6 Å². The highest BCUT2D eigenvalue weighted by Gasteiger charge is 2.20. The molecule has 0 aliphatic carbocycles. The Balaban J connectivity index is 1.66.